The molecule has 2 N–H and O–H groups in total. The lowest BCUT2D eigenvalue weighted by molar-refractivity contribution is 0.837. The molecule has 2 heterocycles. The van der Waals surface area contributed by atoms with E-state index in [0.29, 0.717) is 10.8 Å². The monoisotopic (exact) mass is 273 g/mol. The number of hydrogen-bond acceptors (Lipinski definition) is 4. The highest BCUT2D eigenvalue weighted by Gasteiger charge is 2.08. The molecule has 0 bridgehead atoms. The molecule has 2 aromatic heterocycles. The Hall–Kier alpha value is -1.14. The number of rotatable bonds is 1. The van der Waals surface area contributed by atoms with Crippen molar-refractivity contribution in [3.05, 3.63) is 28.2 Å². The smallest absolute Gasteiger partial charge is 0.170 e. The zero-order valence-electron chi connectivity index (χ0n) is 6.85. The van der Waals surface area contributed by atoms with Crippen LogP contribution in [-0.4, -0.2) is 19.7 Å². The molecule has 0 saturated heterocycles. The molecule has 0 amide bonds. The lowest BCUT2D eigenvalue weighted by Gasteiger charge is -2.00. The van der Waals surface area contributed by atoms with Crippen molar-refractivity contribution in [2.24, 2.45) is 0 Å². The number of hydrogen-bond donors (Lipinski definition) is 1. The molecule has 0 unspecified atom stereocenters. The number of halogens is 2. The van der Waals surface area contributed by atoms with E-state index in [0.717, 1.165) is 4.47 Å². The minimum absolute atomic E-state index is 0.275. The van der Waals surface area contributed by atoms with E-state index in [1.54, 1.807) is 12.4 Å². The van der Waals surface area contributed by atoms with Crippen LogP contribution in [0.2, 0.25) is 5.02 Å². The first-order valence-corrected chi connectivity index (χ1v) is 4.82. The van der Waals surface area contributed by atoms with Gasteiger partial charge in [-0.15, -0.1) is 5.10 Å². The van der Waals surface area contributed by atoms with Gasteiger partial charge in [0.05, 0.1) is 10.7 Å². The van der Waals surface area contributed by atoms with Crippen LogP contribution in [0.25, 0.3) is 5.82 Å². The van der Waals surface area contributed by atoms with Gasteiger partial charge in [-0.3, -0.25) is 0 Å². The molecule has 0 aromatic carbocycles. The van der Waals surface area contributed by atoms with E-state index in [-0.39, 0.29) is 5.82 Å². The molecule has 0 spiro atoms. The second-order valence-electron chi connectivity index (χ2n) is 2.50. The van der Waals surface area contributed by atoms with Crippen LogP contribution in [0.3, 0.4) is 0 Å². The third-order valence-electron chi connectivity index (χ3n) is 1.56. The molecule has 0 aliphatic carbocycles. The van der Waals surface area contributed by atoms with Gasteiger partial charge in [-0.05, 0) is 15.9 Å². The van der Waals surface area contributed by atoms with Gasteiger partial charge in [0, 0.05) is 6.20 Å². The molecule has 0 saturated carbocycles. The Morgan fingerprint density at radius 1 is 1.50 bits per heavy atom. The average Bonchev–Trinajstić information content (AvgIpc) is 2.48. The van der Waals surface area contributed by atoms with Gasteiger partial charge < -0.3 is 5.73 Å². The van der Waals surface area contributed by atoms with Gasteiger partial charge in [-0.2, -0.15) is 0 Å². The van der Waals surface area contributed by atoms with Crippen LogP contribution in [-0.2, 0) is 0 Å². The van der Waals surface area contributed by atoms with Crippen LogP contribution in [0, 0.1) is 0 Å². The molecule has 0 fully saturated rings. The van der Waals surface area contributed by atoms with E-state index in [9.17, 15) is 0 Å². The summed E-state index contributed by atoms with van der Waals surface area (Å²) in [5.74, 6) is 0.871. The van der Waals surface area contributed by atoms with Crippen molar-refractivity contribution in [2.75, 3.05) is 5.73 Å². The van der Waals surface area contributed by atoms with Gasteiger partial charge in [0.2, 0.25) is 0 Å². The van der Waals surface area contributed by atoms with Crippen molar-refractivity contribution in [1.82, 2.24) is 19.7 Å². The van der Waals surface area contributed by atoms with Crippen molar-refractivity contribution in [2.45, 2.75) is 0 Å². The normalized spacial score (nSPS) is 10.4. The Kier molecular flexibility index (Phi) is 2.39. The fourth-order valence-corrected chi connectivity index (χ4v) is 1.48. The third-order valence-corrected chi connectivity index (χ3v) is 2.41. The fourth-order valence-electron chi connectivity index (χ4n) is 0.949. The quantitative estimate of drug-likeness (QED) is 0.858. The molecule has 5 nitrogen and oxygen atoms in total. The van der Waals surface area contributed by atoms with E-state index in [1.807, 2.05) is 0 Å². The van der Waals surface area contributed by atoms with Gasteiger partial charge in [0.25, 0.3) is 0 Å². The minimum Gasteiger partial charge on any atom is -0.381 e. The summed E-state index contributed by atoms with van der Waals surface area (Å²) in [5, 5.41) is 4.38. The minimum atomic E-state index is 0.275. The predicted molar refractivity (Wildman–Crippen MR) is 56.3 cm³/mol. The highest BCUT2D eigenvalue weighted by atomic mass is 79.9. The maximum absolute atomic E-state index is 5.76. The molecular weight excluding hydrogens is 269 g/mol. The van der Waals surface area contributed by atoms with E-state index in [2.05, 4.69) is 31.0 Å². The number of anilines is 1. The Labute approximate surface area is 93.0 Å². The lowest BCUT2D eigenvalue weighted by atomic mass is 10.6. The van der Waals surface area contributed by atoms with Gasteiger partial charge in [0.1, 0.15) is 11.3 Å². The average molecular weight is 275 g/mol. The number of aromatic nitrogens is 4. The largest absolute Gasteiger partial charge is 0.381 e. The van der Waals surface area contributed by atoms with Crippen molar-refractivity contribution in [3.63, 3.8) is 0 Å². The van der Waals surface area contributed by atoms with Gasteiger partial charge >= 0.3 is 0 Å². The van der Waals surface area contributed by atoms with Crippen LogP contribution in [0.15, 0.2) is 23.2 Å². The predicted octanol–water partition coefficient (Wildman–Crippen LogP) is 1.66. The molecule has 14 heavy (non-hydrogen) atoms. The highest BCUT2D eigenvalue weighted by molar-refractivity contribution is 9.10. The third kappa shape index (κ3) is 1.58. The summed E-state index contributed by atoms with van der Waals surface area (Å²) < 4.78 is 2.21. The summed E-state index contributed by atoms with van der Waals surface area (Å²) in [6.07, 6.45) is 4.63. The van der Waals surface area contributed by atoms with E-state index < -0.39 is 0 Å². The second kappa shape index (κ2) is 3.55. The Bertz CT molecular complexity index is 449. The van der Waals surface area contributed by atoms with Crippen molar-refractivity contribution >= 4 is 33.3 Å². The molecule has 2 rings (SSSR count). The summed E-state index contributed by atoms with van der Waals surface area (Å²) in [7, 11) is 0. The summed E-state index contributed by atoms with van der Waals surface area (Å²) in [5.41, 5.74) is 5.51. The topological polar surface area (TPSA) is 69.6 Å². The van der Waals surface area contributed by atoms with Crippen molar-refractivity contribution in [1.29, 1.82) is 0 Å². The van der Waals surface area contributed by atoms with Crippen LogP contribution < -0.4 is 5.73 Å². The van der Waals surface area contributed by atoms with Gasteiger partial charge in [-0.25, -0.2) is 14.6 Å². The lowest BCUT2D eigenvalue weighted by Crippen LogP contribution is -2.00. The summed E-state index contributed by atoms with van der Waals surface area (Å²) in [6, 6.07) is 0. The molecule has 2 aromatic rings. The van der Waals surface area contributed by atoms with Crippen LogP contribution in [0.5, 0.6) is 0 Å². The summed E-state index contributed by atoms with van der Waals surface area (Å²) in [4.78, 5) is 7.87. The fraction of sp³-hybridized carbons (Fsp3) is 0. The molecular formula is C7H5BrClN5. The second-order valence-corrected chi connectivity index (χ2v) is 3.76. The van der Waals surface area contributed by atoms with E-state index in [4.69, 9.17) is 17.3 Å². The first-order valence-electron chi connectivity index (χ1n) is 3.65. The molecule has 0 radical (unpaired) electrons. The van der Waals surface area contributed by atoms with Crippen LogP contribution >= 0.6 is 27.5 Å². The summed E-state index contributed by atoms with van der Waals surface area (Å²) in [6.45, 7) is 0. The maximum atomic E-state index is 5.76. The molecule has 72 valence electrons. The first kappa shape index (κ1) is 9.42. The van der Waals surface area contributed by atoms with Crippen molar-refractivity contribution < 1.29 is 0 Å². The maximum Gasteiger partial charge on any atom is 0.170 e. The Morgan fingerprint density at radius 3 is 2.86 bits per heavy atom. The van der Waals surface area contributed by atoms with Gasteiger partial charge in [0.15, 0.2) is 11.6 Å². The molecule has 0 aliphatic heterocycles. The van der Waals surface area contributed by atoms with Gasteiger partial charge in [-0.1, -0.05) is 11.6 Å². The zero-order chi connectivity index (χ0) is 10.1. The number of nitrogen functional groups attached to an aromatic ring is 1. The zero-order valence-corrected chi connectivity index (χ0v) is 9.20. The number of nitrogens with zero attached hydrogens (tertiary/aromatic N) is 4. The molecule has 7 heteroatoms. The van der Waals surface area contributed by atoms with E-state index >= 15 is 0 Å². The summed E-state index contributed by atoms with van der Waals surface area (Å²) >= 11 is 9.06. The highest BCUT2D eigenvalue weighted by Crippen LogP contribution is 2.21. The SMILES string of the molecule is Nc1nn(-c2ncncc2Br)cc1Cl. The van der Waals surface area contributed by atoms with Crippen LogP contribution in [0.1, 0.15) is 0 Å². The molecule has 0 aliphatic rings. The van der Waals surface area contributed by atoms with E-state index in [1.165, 1.54) is 11.0 Å². The first-order chi connectivity index (χ1) is 6.68. The Morgan fingerprint density at radius 2 is 2.29 bits per heavy atom. The Balaban J connectivity index is 2.55. The van der Waals surface area contributed by atoms with Crippen LogP contribution in [0.4, 0.5) is 5.82 Å². The molecule has 0 atom stereocenters. The number of nitrogens with two attached hydrogens (primary N) is 1. The standard InChI is InChI=1S/C7H5BrClN5/c8-4-1-11-3-12-7(4)14-2-5(9)6(10)13-14/h1-3H,(H2,10,13). The van der Waals surface area contributed by atoms with Crippen molar-refractivity contribution in [3.8, 4) is 5.82 Å².